The molecule has 0 aliphatic heterocycles. The van der Waals surface area contributed by atoms with Crippen molar-refractivity contribution in [3.05, 3.63) is 35.4 Å². The van der Waals surface area contributed by atoms with Gasteiger partial charge in [0.25, 0.3) is 0 Å². The van der Waals surface area contributed by atoms with Crippen molar-refractivity contribution < 1.29 is 0 Å². The molecule has 0 radical (unpaired) electrons. The fraction of sp³-hybridized carbons (Fsp3) is 0.625. The first-order chi connectivity index (χ1) is 8.29. The van der Waals surface area contributed by atoms with Crippen molar-refractivity contribution in [3.63, 3.8) is 0 Å². The molecule has 1 N–H and O–H groups in total. The molecule has 1 fully saturated rings. The van der Waals surface area contributed by atoms with Crippen LogP contribution in [-0.2, 0) is 0 Å². The van der Waals surface area contributed by atoms with E-state index in [2.05, 4.69) is 43.6 Å². The lowest BCUT2D eigenvalue weighted by atomic mass is 9.83. The molecular weight excluding hydrogens is 206 g/mol. The zero-order chi connectivity index (χ0) is 12.1. The van der Waals surface area contributed by atoms with E-state index in [1.165, 1.54) is 49.7 Å². The number of nitrogens with one attached hydrogen (secondary N) is 1. The molecule has 1 aliphatic carbocycles. The van der Waals surface area contributed by atoms with E-state index in [0.717, 1.165) is 5.92 Å². The summed E-state index contributed by atoms with van der Waals surface area (Å²) in [5.41, 5.74) is 2.82. The molecule has 0 saturated heterocycles. The van der Waals surface area contributed by atoms with Gasteiger partial charge < -0.3 is 5.32 Å². The predicted octanol–water partition coefficient (Wildman–Crippen LogP) is 4.23. The van der Waals surface area contributed by atoms with Gasteiger partial charge in [-0.1, -0.05) is 61.9 Å². The minimum atomic E-state index is 0.540. The quantitative estimate of drug-likeness (QED) is 0.818. The smallest absolute Gasteiger partial charge is 0.0320 e. The van der Waals surface area contributed by atoms with Gasteiger partial charge in [0.2, 0.25) is 0 Å². The number of benzene rings is 1. The summed E-state index contributed by atoms with van der Waals surface area (Å²) in [5, 5.41) is 3.49. The monoisotopic (exact) mass is 231 g/mol. The Labute approximate surface area is 106 Å². The molecule has 0 spiro atoms. The summed E-state index contributed by atoms with van der Waals surface area (Å²) >= 11 is 0. The second kappa shape index (κ2) is 6.20. The van der Waals surface area contributed by atoms with Gasteiger partial charge in [-0.15, -0.1) is 0 Å². The van der Waals surface area contributed by atoms with Crippen molar-refractivity contribution in [2.75, 3.05) is 7.05 Å². The highest BCUT2D eigenvalue weighted by Gasteiger charge is 2.19. The maximum absolute atomic E-state index is 3.49. The molecule has 1 aromatic rings. The molecular formula is C16H25N. The molecule has 2 rings (SSSR count). The molecule has 1 unspecified atom stereocenters. The van der Waals surface area contributed by atoms with Crippen LogP contribution in [0.4, 0.5) is 0 Å². The molecule has 94 valence electrons. The summed E-state index contributed by atoms with van der Waals surface area (Å²) in [4.78, 5) is 0. The van der Waals surface area contributed by atoms with Crippen molar-refractivity contribution in [1.29, 1.82) is 0 Å². The fourth-order valence-corrected chi connectivity index (χ4v) is 3.06. The lowest BCUT2D eigenvalue weighted by Crippen LogP contribution is -2.21. The summed E-state index contributed by atoms with van der Waals surface area (Å²) < 4.78 is 0. The largest absolute Gasteiger partial charge is 0.313 e. The van der Waals surface area contributed by atoms with Crippen LogP contribution < -0.4 is 5.32 Å². The lowest BCUT2D eigenvalue weighted by Gasteiger charge is -2.26. The van der Waals surface area contributed by atoms with E-state index in [-0.39, 0.29) is 0 Å². The predicted molar refractivity (Wildman–Crippen MR) is 74.2 cm³/mol. The highest BCUT2D eigenvalue weighted by Crippen LogP contribution is 2.31. The van der Waals surface area contributed by atoms with E-state index >= 15 is 0 Å². The van der Waals surface area contributed by atoms with E-state index in [1.54, 1.807) is 0 Å². The molecule has 0 heterocycles. The van der Waals surface area contributed by atoms with Gasteiger partial charge in [0.1, 0.15) is 0 Å². The Hall–Kier alpha value is -0.820. The Morgan fingerprint density at radius 3 is 2.65 bits per heavy atom. The summed E-state index contributed by atoms with van der Waals surface area (Å²) in [6.45, 7) is 2.18. The van der Waals surface area contributed by atoms with Gasteiger partial charge in [0.15, 0.2) is 0 Å². The molecule has 1 aliphatic rings. The van der Waals surface area contributed by atoms with E-state index in [4.69, 9.17) is 0 Å². The molecule has 1 nitrogen and oxygen atoms in total. The van der Waals surface area contributed by atoms with Crippen LogP contribution in [-0.4, -0.2) is 7.05 Å². The van der Waals surface area contributed by atoms with Crippen LogP contribution in [0.25, 0.3) is 0 Å². The average Bonchev–Trinajstić information content (AvgIpc) is 2.37. The van der Waals surface area contributed by atoms with Gasteiger partial charge in [-0.3, -0.25) is 0 Å². The van der Waals surface area contributed by atoms with Gasteiger partial charge in [-0.25, -0.2) is 0 Å². The highest BCUT2D eigenvalue weighted by molar-refractivity contribution is 5.25. The third-order valence-electron chi connectivity index (χ3n) is 4.09. The maximum Gasteiger partial charge on any atom is 0.0320 e. The summed E-state index contributed by atoms with van der Waals surface area (Å²) in [6.07, 6.45) is 8.50. The molecule has 0 amide bonds. The molecule has 1 heteroatoms. The second-order valence-electron chi connectivity index (χ2n) is 5.50. The standard InChI is InChI=1S/C16H25N/c1-13-7-6-10-15(11-13)16(17-2)12-14-8-4-3-5-9-14/h6-7,10-11,14,16-17H,3-5,8-9,12H2,1-2H3. The third-order valence-corrected chi connectivity index (χ3v) is 4.09. The fourth-order valence-electron chi connectivity index (χ4n) is 3.06. The van der Waals surface area contributed by atoms with Gasteiger partial charge in [-0.05, 0) is 31.9 Å². The first-order valence-corrected chi connectivity index (χ1v) is 7.03. The molecule has 17 heavy (non-hydrogen) atoms. The van der Waals surface area contributed by atoms with E-state index in [0.29, 0.717) is 6.04 Å². The highest BCUT2D eigenvalue weighted by atomic mass is 14.9. The van der Waals surface area contributed by atoms with Crippen molar-refractivity contribution in [2.45, 2.75) is 51.5 Å². The number of hydrogen-bond acceptors (Lipinski definition) is 1. The number of rotatable bonds is 4. The van der Waals surface area contributed by atoms with Crippen LogP contribution in [0.15, 0.2) is 24.3 Å². The van der Waals surface area contributed by atoms with Gasteiger partial charge in [-0.2, -0.15) is 0 Å². The summed E-state index contributed by atoms with van der Waals surface area (Å²) in [5.74, 6) is 0.932. The SMILES string of the molecule is CNC(CC1CCCCC1)c1cccc(C)c1. The Morgan fingerprint density at radius 2 is 2.00 bits per heavy atom. The summed E-state index contributed by atoms with van der Waals surface area (Å²) in [7, 11) is 2.09. The number of aryl methyl sites for hydroxylation is 1. The molecule has 0 bridgehead atoms. The average molecular weight is 231 g/mol. The van der Waals surface area contributed by atoms with Crippen molar-refractivity contribution >= 4 is 0 Å². The van der Waals surface area contributed by atoms with Gasteiger partial charge in [0.05, 0.1) is 0 Å². The van der Waals surface area contributed by atoms with Crippen LogP contribution in [0.2, 0.25) is 0 Å². The zero-order valence-electron chi connectivity index (χ0n) is 11.2. The normalized spacial score (nSPS) is 19.2. The van der Waals surface area contributed by atoms with Crippen LogP contribution in [0.1, 0.15) is 55.7 Å². The van der Waals surface area contributed by atoms with Crippen molar-refractivity contribution in [2.24, 2.45) is 5.92 Å². The Bertz CT molecular complexity index is 339. The minimum absolute atomic E-state index is 0.540. The first-order valence-electron chi connectivity index (χ1n) is 7.03. The summed E-state index contributed by atoms with van der Waals surface area (Å²) in [6, 6.07) is 9.48. The van der Waals surface area contributed by atoms with E-state index < -0.39 is 0 Å². The number of hydrogen-bond donors (Lipinski definition) is 1. The molecule has 0 aromatic heterocycles. The van der Waals surface area contributed by atoms with Gasteiger partial charge in [0, 0.05) is 6.04 Å². The third kappa shape index (κ3) is 3.57. The molecule has 1 atom stereocenters. The van der Waals surface area contributed by atoms with Crippen LogP contribution in [0, 0.1) is 12.8 Å². The maximum atomic E-state index is 3.49. The Kier molecular flexibility index (Phi) is 4.61. The topological polar surface area (TPSA) is 12.0 Å². The zero-order valence-corrected chi connectivity index (χ0v) is 11.2. The van der Waals surface area contributed by atoms with Crippen molar-refractivity contribution in [3.8, 4) is 0 Å². The van der Waals surface area contributed by atoms with Gasteiger partial charge >= 0.3 is 0 Å². The van der Waals surface area contributed by atoms with Crippen LogP contribution in [0.3, 0.4) is 0 Å². The van der Waals surface area contributed by atoms with E-state index in [1.807, 2.05) is 0 Å². The lowest BCUT2D eigenvalue weighted by molar-refractivity contribution is 0.306. The molecule has 1 saturated carbocycles. The Morgan fingerprint density at radius 1 is 1.24 bits per heavy atom. The van der Waals surface area contributed by atoms with E-state index in [9.17, 15) is 0 Å². The minimum Gasteiger partial charge on any atom is -0.313 e. The Balaban J connectivity index is 2.00. The van der Waals surface area contributed by atoms with Crippen molar-refractivity contribution in [1.82, 2.24) is 5.32 Å². The van der Waals surface area contributed by atoms with Crippen LogP contribution in [0.5, 0.6) is 0 Å². The molecule has 1 aromatic carbocycles. The van der Waals surface area contributed by atoms with Crippen LogP contribution >= 0.6 is 0 Å². The second-order valence-corrected chi connectivity index (χ2v) is 5.50. The first kappa shape index (κ1) is 12.6.